The van der Waals surface area contributed by atoms with Gasteiger partial charge < -0.3 is 23.8 Å². The van der Waals surface area contributed by atoms with Crippen LogP contribution in [0.3, 0.4) is 0 Å². The van der Waals surface area contributed by atoms with Crippen molar-refractivity contribution in [3.05, 3.63) is 78.5 Å². The second-order valence-corrected chi connectivity index (χ2v) is 7.07. The van der Waals surface area contributed by atoms with Crippen LogP contribution in [0.5, 0.6) is 23.0 Å². The van der Waals surface area contributed by atoms with Gasteiger partial charge in [0.2, 0.25) is 5.75 Å². The molecule has 1 aliphatic rings. The first-order valence-corrected chi connectivity index (χ1v) is 10.1. The van der Waals surface area contributed by atoms with E-state index in [9.17, 15) is 0 Å². The third kappa shape index (κ3) is 4.37. The Balaban J connectivity index is 1.56. The third-order valence-electron chi connectivity index (χ3n) is 5.02. The molecule has 0 saturated heterocycles. The molecule has 4 rings (SSSR count). The highest BCUT2D eigenvalue weighted by molar-refractivity contribution is 5.66. The van der Waals surface area contributed by atoms with E-state index >= 15 is 0 Å². The van der Waals surface area contributed by atoms with Crippen molar-refractivity contribution in [2.24, 2.45) is 0 Å². The molecule has 3 heterocycles. The lowest BCUT2D eigenvalue weighted by atomic mass is 10.2. The zero-order chi connectivity index (χ0) is 22.5. The van der Waals surface area contributed by atoms with Gasteiger partial charge in [-0.15, -0.1) is 0 Å². The van der Waals surface area contributed by atoms with Crippen molar-refractivity contribution >= 4 is 5.69 Å². The SMILES string of the molecule is COc1cc(N2C=CC(Oc3ccc(C)nc3-c3ccccn3)=CC2)cc(OC)c1OC. The Bertz CT molecular complexity index is 1130. The number of rotatable bonds is 7. The maximum atomic E-state index is 6.18. The summed E-state index contributed by atoms with van der Waals surface area (Å²) < 4.78 is 22.5. The van der Waals surface area contributed by atoms with Crippen LogP contribution >= 0.6 is 0 Å². The predicted molar refractivity (Wildman–Crippen MR) is 124 cm³/mol. The Hall–Kier alpha value is -4.00. The van der Waals surface area contributed by atoms with E-state index in [0.29, 0.717) is 35.2 Å². The fourth-order valence-electron chi connectivity index (χ4n) is 3.42. The van der Waals surface area contributed by atoms with Crippen molar-refractivity contribution in [2.45, 2.75) is 6.92 Å². The van der Waals surface area contributed by atoms with Crippen LogP contribution in [0, 0.1) is 6.92 Å². The molecule has 0 saturated carbocycles. The molecule has 1 aliphatic heterocycles. The molecule has 0 bridgehead atoms. The van der Waals surface area contributed by atoms with E-state index in [1.165, 1.54) is 0 Å². The fraction of sp³-hybridized carbons (Fsp3) is 0.200. The summed E-state index contributed by atoms with van der Waals surface area (Å²) in [5.74, 6) is 3.16. The molecule has 0 spiro atoms. The molecule has 32 heavy (non-hydrogen) atoms. The molecule has 7 heteroatoms. The Morgan fingerprint density at radius 2 is 1.69 bits per heavy atom. The van der Waals surface area contributed by atoms with E-state index in [-0.39, 0.29) is 0 Å². The molecule has 0 N–H and O–H groups in total. The highest BCUT2D eigenvalue weighted by Gasteiger charge is 2.18. The number of methoxy groups -OCH3 is 3. The van der Waals surface area contributed by atoms with Gasteiger partial charge in [0.25, 0.3) is 0 Å². The maximum Gasteiger partial charge on any atom is 0.203 e. The van der Waals surface area contributed by atoms with Gasteiger partial charge in [0, 0.05) is 42.5 Å². The molecule has 0 fully saturated rings. The first-order chi connectivity index (χ1) is 15.6. The predicted octanol–water partition coefficient (Wildman–Crippen LogP) is 4.77. The number of ether oxygens (including phenoxy) is 4. The summed E-state index contributed by atoms with van der Waals surface area (Å²) in [7, 11) is 4.80. The average molecular weight is 431 g/mol. The van der Waals surface area contributed by atoms with Gasteiger partial charge in [0.15, 0.2) is 17.2 Å². The largest absolute Gasteiger partial charge is 0.493 e. The van der Waals surface area contributed by atoms with Crippen LogP contribution in [0.1, 0.15) is 5.69 Å². The highest BCUT2D eigenvalue weighted by Crippen LogP contribution is 2.41. The molecular weight excluding hydrogens is 406 g/mol. The van der Waals surface area contributed by atoms with Gasteiger partial charge in [-0.1, -0.05) is 6.07 Å². The minimum absolute atomic E-state index is 0.563. The van der Waals surface area contributed by atoms with Crippen LogP contribution in [-0.2, 0) is 0 Å². The summed E-state index contributed by atoms with van der Waals surface area (Å²) in [6.07, 6.45) is 7.62. The number of hydrogen-bond acceptors (Lipinski definition) is 7. The lowest BCUT2D eigenvalue weighted by molar-refractivity contribution is 0.324. The summed E-state index contributed by atoms with van der Waals surface area (Å²) in [5.41, 5.74) is 3.30. The number of anilines is 1. The standard InChI is InChI=1S/C25H25N3O4/c1-17-8-9-21(24(27-17)20-7-5-6-12-26-20)32-19-10-13-28(14-11-19)18-15-22(29-2)25(31-4)23(16-18)30-3/h5-13,15-16H,14H2,1-4H3. The zero-order valence-electron chi connectivity index (χ0n) is 18.5. The van der Waals surface area contributed by atoms with Crippen LogP contribution in [0.4, 0.5) is 5.69 Å². The Kier molecular flexibility index (Phi) is 6.26. The van der Waals surface area contributed by atoms with Gasteiger partial charge in [-0.2, -0.15) is 0 Å². The maximum absolute atomic E-state index is 6.18. The van der Waals surface area contributed by atoms with Gasteiger partial charge in [-0.3, -0.25) is 4.98 Å². The summed E-state index contributed by atoms with van der Waals surface area (Å²) in [5, 5.41) is 0. The quantitative estimate of drug-likeness (QED) is 0.534. The van der Waals surface area contributed by atoms with Crippen molar-refractivity contribution < 1.29 is 18.9 Å². The van der Waals surface area contributed by atoms with Gasteiger partial charge in [0.05, 0.1) is 27.0 Å². The molecule has 3 aromatic rings. The number of hydrogen-bond donors (Lipinski definition) is 0. The topological polar surface area (TPSA) is 65.9 Å². The smallest absolute Gasteiger partial charge is 0.203 e. The van der Waals surface area contributed by atoms with Crippen molar-refractivity contribution in [3.63, 3.8) is 0 Å². The van der Waals surface area contributed by atoms with Gasteiger partial charge >= 0.3 is 0 Å². The average Bonchev–Trinajstić information content (AvgIpc) is 2.85. The molecule has 0 radical (unpaired) electrons. The van der Waals surface area contributed by atoms with Crippen LogP contribution in [-0.4, -0.2) is 37.8 Å². The second-order valence-electron chi connectivity index (χ2n) is 7.07. The summed E-state index contributed by atoms with van der Waals surface area (Å²) in [6, 6.07) is 13.4. The Morgan fingerprint density at radius 1 is 0.906 bits per heavy atom. The van der Waals surface area contributed by atoms with E-state index in [1.807, 2.05) is 67.7 Å². The summed E-state index contributed by atoms with van der Waals surface area (Å²) in [6.45, 7) is 2.56. The first-order valence-electron chi connectivity index (χ1n) is 10.1. The molecule has 164 valence electrons. The lowest BCUT2D eigenvalue weighted by Crippen LogP contribution is -2.20. The van der Waals surface area contributed by atoms with Gasteiger partial charge in [0.1, 0.15) is 11.5 Å². The van der Waals surface area contributed by atoms with Gasteiger partial charge in [-0.05, 0) is 43.3 Å². The molecule has 0 aliphatic carbocycles. The summed E-state index contributed by atoms with van der Waals surface area (Å²) in [4.78, 5) is 11.1. The minimum atomic E-state index is 0.563. The molecule has 7 nitrogen and oxygen atoms in total. The number of allylic oxidation sites excluding steroid dienone is 1. The summed E-state index contributed by atoms with van der Waals surface area (Å²) >= 11 is 0. The number of benzene rings is 1. The lowest BCUT2D eigenvalue weighted by Gasteiger charge is -2.25. The monoisotopic (exact) mass is 431 g/mol. The van der Waals surface area contributed by atoms with Crippen molar-refractivity contribution in [2.75, 3.05) is 32.8 Å². The van der Waals surface area contributed by atoms with Gasteiger partial charge in [-0.25, -0.2) is 4.98 Å². The van der Waals surface area contributed by atoms with E-state index in [4.69, 9.17) is 18.9 Å². The van der Waals surface area contributed by atoms with E-state index in [0.717, 1.165) is 22.8 Å². The normalized spacial score (nSPS) is 12.9. The molecule has 1 aromatic carbocycles. The first kappa shape index (κ1) is 21.2. The van der Waals surface area contributed by atoms with Crippen LogP contribution in [0.25, 0.3) is 11.4 Å². The van der Waals surface area contributed by atoms with E-state index in [2.05, 4.69) is 14.9 Å². The molecular formula is C25H25N3O4. The van der Waals surface area contributed by atoms with Crippen LogP contribution < -0.4 is 23.8 Å². The zero-order valence-corrected chi connectivity index (χ0v) is 18.5. The number of aryl methyl sites for hydroxylation is 1. The van der Waals surface area contributed by atoms with Crippen LogP contribution in [0.2, 0.25) is 0 Å². The van der Waals surface area contributed by atoms with Crippen molar-refractivity contribution in [1.29, 1.82) is 0 Å². The highest BCUT2D eigenvalue weighted by atomic mass is 16.5. The fourth-order valence-corrected chi connectivity index (χ4v) is 3.42. The number of aromatic nitrogens is 2. The third-order valence-corrected chi connectivity index (χ3v) is 5.02. The molecule has 0 unspecified atom stereocenters. The second kappa shape index (κ2) is 9.43. The van der Waals surface area contributed by atoms with Crippen LogP contribution in [0.15, 0.2) is 72.8 Å². The Morgan fingerprint density at radius 3 is 2.28 bits per heavy atom. The molecule has 2 aromatic heterocycles. The number of pyridine rings is 2. The number of nitrogens with zero attached hydrogens (tertiary/aromatic N) is 3. The van der Waals surface area contributed by atoms with E-state index in [1.54, 1.807) is 27.5 Å². The van der Waals surface area contributed by atoms with Crippen molar-refractivity contribution in [1.82, 2.24) is 9.97 Å². The molecule has 0 atom stereocenters. The molecule has 0 amide bonds. The van der Waals surface area contributed by atoms with E-state index < -0.39 is 0 Å². The van der Waals surface area contributed by atoms with Crippen molar-refractivity contribution in [3.8, 4) is 34.4 Å². The minimum Gasteiger partial charge on any atom is -0.493 e. The Labute approximate surface area is 187 Å².